The lowest BCUT2D eigenvalue weighted by molar-refractivity contribution is -0.385. The number of hydrogen-bond acceptors (Lipinski definition) is 5. The normalized spacial score (nSPS) is 21.1. The first-order valence-corrected chi connectivity index (χ1v) is 9.64. The average Bonchev–Trinajstić information content (AvgIpc) is 3.45. The molecule has 152 valence electrons. The molecule has 9 heteroatoms. The second-order valence-electron chi connectivity index (χ2n) is 7.47. The molecule has 0 unspecified atom stereocenters. The van der Waals surface area contributed by atoms with E-state index >= 15 is 0 Å². The van der Waals surface area contributed by atoms with Crippen molar-refractivity contribution in [2.75, 3.05) is 13.1 Å². The smallest absolute Gasteiger partial charge is 0.318 e. The van der Waals surface area contributed by atoms with Crippen molar-refractivity contribution in [2.45, 2.75) is 57.3 Å². The van der Waals surface area contributed by atoms with Crippen LogP contribution in [0.1, 0.15) is 38.2 Å². The second-order valence-corrected chi connectivity index (χ2v) is 7.47. The molecule has 2 fully saturated rings. The first-order valence-electron chi connectivity index (χ1n) is 9.64. The van der Waals surface area contributed by atoms with Crippen LogP contribution in [0.5, 0.6) is 0 Å². The Hall–Kier alpha value is -2.68. The largest absolute Gasteiger partial charge is 0.480 e. The molecule has 0 aromatic heterocycles. The maximum absolute atomic E-state index is 12.8. The molecule has 2 amide bonds. The number of amides is 2. The minimum Gasteiger partial charge on any atom is -0.480 e. The molecule has 2 N–H and O–H groups in total. The quantitative estimate of drug-likeness (QED) is 0.493. The number of carbonyl (C=O) groups excluding carboxylic acids is 1. The summed E-state index contributed by atoms with van der Waals surface area (Å²) in [6.07, 6.45) is 3.25. The molecular formula is C19H26N4O5. The fourth-order valence-corrected chi connectivity index (χ4v) is 3.69. The van der Waals surface area contributed by atoms with Gasteiger partial charge >= 0.3 is 12.0 Å². The molecule has 0 heterocycles. The molecule has 2 aliphatic rings. The molecule has 3 rings (SSSR count). The number of rotatable bonds is 9. The van der Waals surface area contributed by atoms with Gasteiger partial charge in [-0.25, -0.2) is 4.79 Å². The van der Waals surface area contributed by atoms with Crippen molar-refractivity contribution in [3.8, 4) is 0 Å². The van der Waals surface area contributed by atoms with E-state index in [-0.39, 0.29) is 42.9 Å². The van der Waals surface area contributed by atoms with Crippen LogP contribution in [-0.4, -0.2) is 63.0 Å². The van der Waals surface area contributed by atoms with Crippen LogP contribution < -0.4 is 5.32 Å². The molecule has 1 aromatic carbocycles. The van der Waals surface area contributed by atoms with Gasteiger partial charge in [-0.2, -0.15) is 0 Å². The zero-order chi connectivity index (χ0) is 20.3. The Morgan fingerprint density at radius 3 is 2.50 bits per heavy atom. The number of carboxylic acid groups (broad SMARTS) is 1. The lowest BCUT2D eigenvalue weighted by atomic mass is 9.85. The standard InChI is InChI=1S/C19H26N4O5/c1-2-21(12-18(24)25)16-9-14(10-16)20-19(26)22(15-7-8-15)11-13-5-3-4-6-17(13)23(27)28/h3-6,14-16H,2,7-12H2,1H3,(H,20,26)(H,24,25). The highest BCUT2D eigenvalue weighted by Crippen LogP contribution is 2.31. The van der Waals surface area contributed by atoms with Gasteiger partial charge in [0.05, 0.1) is 18.0 Å². The number of nitrogens with zero attached hydrogens (tertiary/aromatic N) is 3. The van der Waals surface area contributed by atoms with Crippen LogP contribution in [0.4, 0.5) is 10.5 Å². The number of carbonyl (C=O) groups is 2. The first-order chi connectivity index (χ1) is 13.4. The Bertz CT molecular complexity index is 746. The van der Waals surface area contributed by atoms with E-state index in [1.54, 1.807) is 23.1 Å². The summed E-state index contributed by atoms with van der Waals surface area (Å²) in [5, 5.41) is 23.2. The highest BCUT2D eigenvalue weighted by atomic mass is 16.6. The predicted molar refractivity (Wildman–Crippen MR) is 102 cm³/mol. The Balaban J connectivity index is 1.57. The maximum Gasteiger partial charge on any atom is 0.318 e. The number of nitro benzene ring substituents is 1. The van der Waals surface area contributed by atoms with Crippen LogP contribution in [0.15, 0.2) is 24.3 Å². The fraction of sp³-hybridized carbons (Fsp3) is 0.579. The van der Waals surface area contributed by atoms with Crippen molar-refractivity contribution < 1.29 is 19.6 Å². The molecule has 2 saturated carbocycles. The van der Waals surface area contributed by atoms with Gasteiger partial charge in [0.25, 0.3) is 5.69 Å². The topological polar surface area (TPSA) is 116 Å². The number of nitrogens with one attached hydrogen (secondary N) is 1. The maximum atomic E-state index is 12.8. The monoisotopic (exact) mass is 390 g/mol. The first kappa shape index (κ1) is 20.1. The summed E-state index contributed by atoms with van der Waals surface area (Å²) in [4.78, 5) is 38.1. The van der Waals surface area contributed by atoms with E-state index in [1.165, 1.54) is 6.07 Å². The van der Waals surface area contributed by atoms with Gasteiger partial charge in [0, 0.05) is 29.8 Å². The molecule has 2 aliphatic carbocycles. The van der Waals surface area contributed by atoms with Gasteiger partial charge in [0.1, 0.15) is 0 Å². The van der Waals surface area contributed by atoms with E-state index in [0.717, 1.165) is 25.7 Å². The number of aliphatic carboxylic acids is 1. The number of benzene rings is 1. The molecule has 0 spiro atoms. The Morgan fingerprint density at radius 2 is 1.93 bits per heavy atom. The van der Waals surface area contributed by atoms with E-state index in [4.69, 9.17) is 5.11 Å². The van der Waals surface area contributed by atoms with Crippen LogP contribution in [-0.2, 0) is 11.3 Å². The van der Waals surface area contributed by atoms with Gasteiger partial charge in [-0.05, 0) is 32.2 Å². The Kier molecular flexibility index (Phi) is 6.13. The number of para-hydroxylation sites is 1. The fourth-order valence-electron chi connectivity index (χ4n) is 3.69. The zero-order valence-electron chi connectivity index (χ0n) is 15.9. The lowest BCUT2D eigenvalue weighted by Gasteiger charge is -2.42. The van der Waals surface area contributed by atoms with Crippen LogP contribution in [0.25, 0.3) is 0 Å². The predicted octanol–water partition coefficient (Wildman–Crippen LogP) is 2.21. The molecule has 1 aromatic rings. The molecule has 0 atom stereocenters. The van der Waals surface area contributed by atoms with Crippen LogP contribution in [0.2, 0.25) is 0 Å². The van der Waals surface area contributed by atoms with Gasteiger partial charge < -0.3 is 15.3 Å². The van der Waals surface area contributed by atoms with E-state index < -0.39 is 10.9 Å². The number of hydrogen-bond donors (Lipinski definition) is 2. The highest BCUT2D eigenvalue weighted by Gasteiger charge is 2.38. The third kappa shape index (κ3) is 4.78. The molecule has 0 bridgehead atoms. The van der Waals surface area contributed by atoms with Crippen LogP contribution >= 0.6 is 0 Å². The van der Waals surface area contributed by atoms with Gasteiger partial charge in [-0.3, -0.25) is 19.8 Å². The van der Waals surface area contributed by atoms with Crippen LogP contribution in [0, 0.1) is 10.1 Å². The van der Waals surface area contributed by atoms with E-state index in [9.17, 15) is 19.7 Å². The van der Waals surface area contributed by atoms with Crippen molar-refractivity contribution in [3.05, 3.63) is 39.9 Å². The average molecular weight is 390 g/mol. The number of urea groups is 1. The van der Waals surface area contributed by atoms with Gasteiger partial charge in [0.15, 0.2) is 0 Å². The van der Waals surface area contributed by atoms with Crippen molar-refractivity contribution in [1.82, 2.24) is 15.1 Å². The number of carboxylic acids is 1. The minimum atomic E-state index is -0.848. The lowest BCUT2D eigenvalue weighted by Crippen LogP contribution is -2.57. The molecule has 9 nitrogen and oxygen atoms in total. The zero-order valence-corrected chi connectivity index (χ0v) is 15.9. The summed E-state index contributed by atoms with van der Waals surface area (Å²) in [5.74, 6) is -0.848. The van der Waals surface area contributed by atoms with Gasteiger partial charge in [0.2, 0.25) is 0 Å². The number of nitro groups is 1. The van der Waals surface area contributed by atoms with Crippen molar-refractivity contribution in [1.29, 1.82) is 0 Å². The van der Waals surface area contributed by atoms with Gasteiger partial charge in [-0.1, -0.05) is 25.1 Å². The summed E-state index contributed by atoms with van der Waals surface area (Å²) >= 11 is 0. The summed E-state index contributed by atoms with van der Waals surface area (Å²) in [5.41, 5.74) is 0.552. The molecule has 0 aliphatic heterocycles. The molecule has 0 radical (unpaired) electrons. The molecular weight excluding hydrogens is 364 g/mol. The molecule has 28 heavy (non-hydrogen) atoms. The summed E-state index contributed by atoms with van der Waals surface area (Å²) < 4.78 is 0. The summed E-state index contributed by atoms with van der Waals surface area (Å²) in [7, 11) is 0. The van der Waals surface area contributed by atoms with Gasteiger partial charge in [-0.15, -0.1) is 0 Å². The van der Waals surface area contributed by atoms with Crippen molar-refractivity contribution in [3.63, 3.8) is 0 Å². The van der Waals surface area contributed by atoms with E-state index in [0.29, 0.717) is 12.1 Å². The van der Waals surface area contributed by atoms with Crippen LogP contribution in [0.3, 0.4) is 0 Å². The van der Waals surface area contributed by atoms with Crippen molar-refractivity contribution >= 4 is 17.7 Å². The number of likely N-dealkylation sites (N-methyl/N-ethyl adjacent to an activating group) is 1. The highest BCUT2D eigenvalue weighted by molar-refractivity contribution is 5.75. The summed E-state index contributed by atoms with van der Waals surface area (Å²) in [6, 6.07) is 6.59. The SMILES string of the molecule is CCN(CC(=O)O)C1CC(NC(=O)N(Cc2ccccc2[N+](=O)[O-])C2CC2)C1. The third-order valence-electron chi connectivity index (χ3n) is 5.48. The second kappa shape index (κ2) is 8.55. The third-order valence-corrected chi connectivity index (χ3v) is 5.48. The summed E-state index contributed by atoms with van der Waals surface area (Å²) in [6.45, 7) is 2.80. The van der Waals surface area contributed by atoms with Crippen molar-refractivity contribution in [2.24, 2.45) is 0 Å². The Morgan fingerprint density at radius 1 is 1.25 bits per heavy atom. The van der Waals surface area contributed by atoms with E-state index in [2.05, 4.69) is 5.32 Å². The molecule has 0 saturated heterocycles. The van der Waals surface area contributed by atoms with E-state index in [1.807, 2.05) is 11.8 Å². The Labute approximate surface area is 163 Å². The minimum absolute atomic E-state index is 0.00681.